The Morgan fingerprint density at radius 1 is 1.12 bits per heavy atom. The Bertz CT molecular complexity index is 999. The van der Waals surface area contributed by atoms with Gasteiger partial charge in [0.25, 0.3) is 10.0 Å². The normalized spacial score (nSPS) is 11.3. The molecule has 0 fully saturated rings. The maximum Gasteiger partial charge on any atom is 0.254 e. The van der Waals surface area contributed by atoms with Crippen LogP contribution in [-0.4, -0.2) is 36.0 Å². The van der Waals surface area contributed by atoms with Crippen LogP contribution in [0.1, 0.15) is 5.56 Å². The average Bonchev–Trinajstić information content (AvgIpc) is 3.06. The van der Waals surface area contributed by atoms with Gasteiger partial charge in [-0.15, -0.1) is 9.19 Å². The first-order valence-electron chi connectivity index (χ1n) is 7.67. The Hall–Kier alpha value is -2.94. The zero-order chi connectivity index (χ0) is 18.7. The van der Waals surface area contributed by atoms with Gasteiger partial charge in [-0.2, -0.15) is 4.98 Å². The van der Waals surface area contributed by atoms with Crippen molar-refractivity contribution in [3.8, 4) is 17.1 Å². The Balaban J connectivity index is 1.90. The Labute approximate surface area is 150 Å². The fraction of sp³-hybridized carbons (Fsp3) is 0.176. The van der Waals surface area contributed by atoms with Crippen LogP contribution in [0.4, 0.5) is 10.3 Å². The van der Waals surface area contributed by atoms with Crippen LogP contribution < -0.4 is 10.1 Å². The quantitative estimate of drug-likeness (QED) is 0.711. The number of hydrogen-bond donors (Lipinski definition) is 1. The van der Waals surface area contributed by atoms with E-state index < -0.39 is 10.0 Å². The molecule has 0 radical (unpaired) electrons. The fourth-order valence-electron chi connectivity index (χ4n) is 2.28. The zero-order valence-corrected chi connectivity index (χ0v) is 15.0. The number of anilines is 1. The van der Waals surface area contributed by atoms with Crippen LogP contribution >= 0.6 is 0 Å². The van der Waals surface area contributed by atoms with E-state index in [0.29, 0.717) is 11.3 Å². The number of ether oxygens (including phenoxy) is 1. The van der Waals surface area contributed by atoms with Crippen molar-refractivity contribution in [3.05, 3.63) is 59.9 Å². The number of methoxy groups -OCH3 is 1. The third kappa shape index (κ3) is 3.99. The molecule has 0 amide bonds. The fourth-order valence-corrected chi connectivity index (χ4v) is 2.93. The highest BCUT2D eigenvalue weighted by molar-refractivity contribution is 7.89. The number of halogens is 1. The molecule has 1 heterocycles. The van der Waals surface area contributed by atoms with Crippen LogP contribution in [0.5, 0.6) is 5.75 Å². The lowest BCUT2D eigenvalue weighted by Gasteiger charge is -2.06. The summed E-state index contributed by atoms with van der Waals surface area (Å²) in [5.74, 6) is 0.683. The van der Waals surface area contributed by atoms with Crippen molar-refractivity contribution in [2.24, 2.45) is 0 Å². The molecular weight excluding hydrogens is 359 g/mol. The first kappa shape index (κ1) is 17.9. The van der Waals surface area contributed by atoms with Gasteiger partial charge < -0.3 is 10.1 Å². The number of aromatic nitrogens is 3. The highest BCUT2D eigenvalue weighted by atomic mass is 32.2. The molecule has 0 spiro atoms. The lowest BCUT2D eigenvalue weighted by atomic mass is 10.2. The number of rotatable bonds is 6. The van der Waals surface area contributed by atoms with Gasteiger partial charge in [-0.25, -0.2) is 12.8 Å². The van der Waals surface area contributed by atoms with E-state index >= 15 is 0 Å². The van der Waals surface area contributed by atoms with Gasteiger partial charge in [-0.1, -0.05) is 12.1 Å². The van der Waals surface area contributed by atoms with Gasteiger partial charge in [0.15, 0.2) is 5.82 Å². The van der Waals surface area contributed by atoms with Crippen molar-refractivity contribution in [2.75, 3.05) is 18.7 Å². The van der Waals surface area contributed by atoms with E-state index in [2.05, 4.69) is 15.4 Å². The van der Waals surface area contributed by atoms with Crippen molar-refractivity contribution in [1.82, 2.24) is 14.2 Å². The molecule has 0 bridgehead atoms. The van der Waals surface area contributed by atoms with Crippen LogP contribution in [0.3, 0.4) is 0 Å². The van der Waals surface area contributed by atoms with Crippen molar-refractivity contribution in [1.29, 1.82) is 0 Å². The van der Waals surface area contributed by atoms with Crippen LogP contribution in [-0.2, 0) is 16.6 Å². The Kier molecular flexibility index (Phi) is 4.90. The smallest absolute Gasteiger partial charge is 0.254 e. The van der Waals surface area contributed by atoms with E-state index in [0.717, 1.165) is 15.9 Å². The third-order valence-electron chi connectivity index (χ3n) is 3.60. The van der Waals surface area contributed by atoms with Crippen molar-refractivity contribution >= 4 is 16.0 Å². The second-order valence-electron chi connectivity index (χ2n) is 5.57. The standard InChI is InChI=1S/C17H17FN4O3S/c1-25-15-9-5-13(6-10-15)16-20-17(22(21-16)26(2,23)24)19-11-12-3-7-14(18)8-4-12/h3-10H,11H2,1-2H3,(H,19,20,21). The zero-order valence-electron chi connectivity index (χ0n) is 14.2. The minimum Gasteiger partial charge on any atom is -0.497 e. The highest BCUT2D eigenvalue weighted by Gasteiger charge is 2.18. The first-order chi connectivity index (χ1) is 12.4. The van der Waals surface area contributed by atoms with Crippen LogP contribution in [0.15, 0.2) is 48.5 Å². The summed E-state index contributed by atoms with van der Waals surface area (Å²) in [7, 11) is -2.09. The lowest BCUT2D eigenvalue weighted by molar-refractivity contribution is 0.415. The molecule has 26 heavy (non-hydrogen) atoms. The van der Waals surface area contributed by atoms with Crippen LogP contribution in [0.2, 0.25) is 0 Å². The molecular formula is C17H17FN4O3S. The molecule has 3 rings (SSSR count). The SMILES string of the molecule is COc1ccc(-c2nc(NCc3ccc(F)cc3)n(S(C)(=O)=O)n2)cc1. The van der Waals surface area contributed by atoms with E-state index in [1.165, 1.54) is 12.1 Å². The largest absolute Gasteiger partial charge is 0.497 e. The first-order valence-corrected chi connectivity index (χ1v) is 9.52. The lowest BCUT2D eigenvalue weighted by Crippen LogP contribution is -2.16. The summed E-state index contributed by atoms with van der Waals surface area (Å²) in [5, 5.41) is 7.02. The minimum absolute atomic E-state index is 0.0858. The van der Waals surface area contributed by atoms with Gasteiger partial charge in [0.1, 0.15) is 11.6 Å². The van der Waals surface area contributed by atoms with Gasteiger partial charge in [-0.05, 0) is 42.0 Å². The molecule has 3 aromatic rings. The summed E-state index contributed by atoms with van der Waals surface area (Å²) in [6, 6.07) is 12.8. The van der Waals surface area contributed by atoms with E-state index in [1.807, 2.05) is 0 Å². The number of hydrogen-bond acceptors (Lipinski definition) is 6. The van der Waals surface area contributed by atoms with Gasteiger partial charge in [0.2, 0.25) is 5.95 Å². The Morgan fingerprint density at radius 3 is 2.35 bits per heavy atom. The molecule has 1 N–H and O–H groups in total. The van der Waals surface area contributed by atoms with Gasteiger partial charge in [0.05, 0.1) is 13.4 Å². The maximum absolute atomic E-state index is 13.0. The molecule has 1 aromatic heterocycles. The van der Waals surface area contributed by atoms with Crippen LogP contribution in [0, 0.1) is 5.82 Å². The summed E-state index contributed by atoms with van der Waals surface area (Å²) < 4.78 is 42.9. The van der Waals surface area contributed by atoms with Crippen molar-refractivity contribution in [3.63, 3.8) is 0 Å². The summed E-state index contributed by atoms with van der Waals surface area (Å²) in [6.07, 6.45) is 1.04. The van der Waals surface area contributed by atoms with Crippen molar-refractivity contribution < 1.29 is 17.5 Å². The molecule has 9 heteroatoms. The van der Waals surface area contributed by atoms with E-state index in [-0.39, 0.29) is 24.1 Å². The number of nitrogens with zero attached hydrogens (tertiary/aromatic N) is 3. The molecule has 7 nitrogen and oxygen atoms in total. The average molecular weight is 376 g/mol. The third-order valence-corrected chi connectivity index (χ3v) is 4.49. The number of nitrogens with one attached hydrogen (secondary N) is 1. The van der Waals surface area contributed by atoms with Gasteiger partial charge in [-0.3, -0.25) is 0 Å². The summed E-state index contributed by atoms with van der Waals surface area (Å²) in [4.78, 5) is 4.28. The molecule has 2 aromatic carbocycles. The van der Waals surface area contributed by atoms with E-state index in [9.17, 15) is 12.8 Å². The predicted molar refractivity (Wildman–Crippen MR) is 96.0 cm³/mol. The molecule has 0 atom stereocenters. The highest BCUT2D eigenvalue weighted by Crippen LogP contribution is 2.22. The van der Waals surface area contributed by atoms with E-state index in [4.69, 9.17) is 4.74 Å². The molecule has 0 aliphatic rings. The second-order valence-corrected chi connectivity index (χ2v) is 7.39. The molecule has 0 unspecified atom stereocenters. The molecule has 0 aliphatic heterocycles. The Morgan fingerprint density at radius 2 is 1.77 bits per heavy atom. The van der Waals surface area contributed by atoms with Crippen LogP contribution in [0.25, 0.3) is 11.4 Å². The molecule has 0 aliphatic carbocycles. The summed E-state index contributed by atoms with van der Waals surface area (Å²) >= 11 is 0. The van der Waals surface area contributed by atoms with Gasteiger partial charge in [0, 0.05) is 12.1 Å². The predicted octanol–water partition coefficient (Wildman–Crippen LogP) is 2.51. The number of benzene rings is 2. The minimum atomic E-state index is -3.65. The van der Waals surface area contributed by atoms with E-state index in [1.54, 1.807) is 43.5 Å². The molecule has 0 saturated heterocycles. The second kappa shape index (κ2) is 7.12. The molecule has 136 valence electrons. The monoisotopic (exact) mass is 376 g/mol. The van der Waals surface area contributed by atoms with Gasteiger partial charge >= 0.3 is 0 Å². The molecule has 0 saturated carbocycles. The summed E-state index contributed by atoms with van der Waals surface area (Å²) in [5.41, 5.74) is 1.43. The summed E-state index contributed by atoms with van der Waals surface area (Å²) in [6.45, 7) is 0.274. The maximum atomic E-state index is 13.0. The van der Waals surface area contributed by atoms with Crippen molar-refractivity contribution in [2.45, 2.75) is 6.54 Å². The topological polar surface area (TPSA) is 86.1 Å².